The van der Waals surface area contributed by atoms with Crippen LogP contribution in [0.25, 0.3) is 0 Å². The summed E-state index contributed by atoms with van der Waals surface area (Å²) in [6, 6.07) is 13.1. The van der Waals surface area contributed by atoms with E-state index < -0.39 is 0 Å². The second-order valence-electron chi connectivity index (χ2n) is 7.09. The van der Waals surface area contributed by atoms with E-state index in [4.69, 9.17) is 23.2 Å². The summed E-state index contributed by atoms with van der Waals surface area (Å²) in [6.07, 6.45) is 5.68. The van der Waals surface area contributed by atoms with Crippen LogP contribution in [0.1, 0.15) is 43.4 Å². The molecule has 2 aliphatic rings. The van der Waals surface area contributed by atoms with Gasteiger partial charge in [0.1, 0.15) is 0 Å². The molecular formula is C22H24Cl2N2. The summed E-state index contributed by atoms with van der Waals surface area (Å²) < 4.78 is 0. The maximum Gasteiger partial charge on any atom is 0.0655 e. The van der Waals surface area contributed by atoms with Gasteiger partial charge in [-0.15, -0.1) is 0 Å². The average molecular weight is 387 g/mol. The number of allylic oxidation sites excluding steroid dienone is 2. The van der Waals surface area contributed by atoms with Crippen molar-refractivity contribution >= 4 is 34.6 Å². The standard InChI is InChI=1S/C22H24Cl2N2/c1-3-26(4-2)16-10-8-14(9-11-16)21-18-7-5-6-17(18)19-12-15(23)13-20(24)22(19)25-21/h5-6,8-13,17-18,21,25H,3-4,7H2,1-2H3. The number of fused-ring (bicyclic) bond motifs is 3. The van der Waals surface area contributed by atoms with Crippen molar-refractivity contribution in [3.8, 4) is 0 Å². The van der Waals surface area contributed by atoms with E-state index in [2.05, 4.69) is 66.5 Å². The van der Waals surface area contributed by atoms with E-state index in [0.717, 1.165) is 25.2 Å². The van der Waals surface area contributed by atoms with Crippen LogP contribution in [-0.2, 0) is 0 Å². The van der Waals surface area contributed by atoms with Crippen molar-refractivity contribution in [2.75, 3.05) is 23.3 Å². The first kappa shape index (κ1) is 17.8. The Labute approximate surface area is 165 Å². The van der Waals surface area contributed by atoms with Gasteiger partial charge in [0.25, 0.3) is 0 Å². The molecule has 0 spiro atoms. The van der Waals surface area contributed by atoms with Gasteiger partial charge in [-0.1, -0.05) is 47.5 Å². The van der Waals surface area contributed by atoms with E-state index >= 15 is 0 Å². The first-order valence-electron chi connectivity index (χ1n) is 9.39. The summed E-state index contributed by atoms with van der Waals surface area (Å²) in [5.41, 5.74) is 4.84. The molecule has 3 atom stereocenters. The topological polar surface area (TPSA) is 15.3 Å². The van der Waals surface area contributed by atoms with Crippen LogP contribution in [0.4, 0.5) is 11.4 Å². The van der Waals surface area contributed by atoms with Gasteiger partial charge in [0.2, 0.25) is 0 Å². The molecule has 0 aromatic heterocycles. The van der Waals surface area contributed by atoms with Gasteiger partial charge >= 0.3 is 0 Å². The van der Waals surface area contributed by atoms with Crippen LogP contribution in [0, 0.1) is 5.92 Å². The molecule has 1 N–H and O–H groups in total. The summed E-state index contributed by atoms with van der Waals surface area (Å²) in [5.74, 6) is 0.867. The smallest absolute Gasteiger partial charge is 0.0655 e. The van der Waals surface area contributed by atoms with Crippen LogP contribution in [0.15, 0.2) is 48.6 Å². The molecule has 1 heterocycles. The minimum Gasteiger partial charge on any atom is -0.376 e. The molecule has 26 heavy (non-hydrogen) atoms. The quantitative estimate of drug-likeness (QED) is 0.590. The Morgan fingerprint density at radius 3 is 2.50 bits per heavy atom. The van der Waals surface area contributed by atoms with Crippen LogP contribution < -0.4 is 10.2 Å². The van der Waals surface area contributed by atoms with Crippen molar-refractivity contribution in [1.82, 2.24) is 0 Å². The predicted octanol–water partition coefficient (Wildman–Crippen LogP) is 6.67. The highest BCUT2D eigenvalue weighted by Crippen LogP contribution is 2.52. The molecule has 1 aliphatic heterocycles. The number of rotatable bonds is 4. The Hall–Kier alpha value is -1.64. The van der Waals surface area contributed by atoms with Gasteiger partial charge in [-0.05, 0) is 61.6 Å². The Morgan fingerprint density at radius 1 is 1.08 bits per heavy atom. The number of hydrogen-bond donors (Lipinski definition) is 1. The van der Waals surface area contributed by atoms with E-state index in [1.54, 1.807) is 0 Å². The molecular weight excluding hydrogens is 363 g/mol. The minimum absolute atomic E-state index is 0.256. The normalized spacial score (nSPS) is 23.3. The number of anilines is 2. The molecule has 3 unspecified atom stereocenters. The molecule has 1 aliphatic carbocycles. The zero-order valence-electron chi connectivity index (χ0n) is 15.2. The second-order valence-corrected chi connectivity index (χ2v) is 7.93. The number of benzene rings is 2. The second kappa shape index (κ2) is 7.17. The van der Waals surface area contributed by atoms with Crippen LogP contribution >= 0.6 is 23.2 Å². The van der Waals surface area contributed by atoms with Gasteiger partial charge in [0.05, 0.1) is 16.8 Å². The first-order valence-corrected chi connectivity index (χ1v) is 10.1. The molecule has 0 saturated heterocycles. The molecule has 0 amide bonds. The summed E-state index contributed by atoms with van der Waals surface area (Å²) in [4.78, 5) is 2.37. The fraction of sp³-hybridized carbons (Fsp3) is 0.364. The summed E-state index contributed by atoms with van der Waals surface area (Å²) in [5, 5.41) is 5.12. The maximum atomic E-state index is 6.52. The van der Waals surface area contributed by atoms with E-state index in [1.807, 2.05) is 6.07 Å². The monoisotopic (exact) mass is 386 g/mol. The van der Waals surface area contributed by atoms with E-state index in [-0.39, 0.29) is 6.04 Å². The highest BCUT2D eigenvalue weighted by Gasteiger charge is 2.38. The van der Waals surface area contributed by atoms with Crippen LogP contribution in [-0.4, -0.2) is 13.1 Å². The van der Waals surface area contributed by atoms with Crippen molar-refractivity contribution in [2.24, 2.45) is 5.92 Å². The number of hydrogen-bond acceptors (Lipinski definition) is 2. The van der Waals surface area contributed by atoms with Gasteiger partial charge in [0.15, 0.2) is 0 Å². The van der Waals surface area contributed by atoms with E-state index in [1.165, 1.54) is 16.8 Å². The molecule has 2 nitrogen and oxygen atoms in total. The van der Waals surface area contributed by atoms with E-state index in [0.29, 0.717) is 21.9 Å². The highest BCUT2D eigenvalue weighted by atomic mass is 35.5. The third-order valence-corrected chi connectivity index (χ3v) is 6.28. The molecule has 2 aromatic carbocycles. The lowest BCUT2D eigenvalue weighted by atomic mass is 9.77. The summed E-state index contributed by atoms with van der Waals surface area (Å²) in [7, 11) is 0. The van der Waals surface area contributed by atoms with Crippen molar-refractivity contribution in [1.29, 1.82) is 0 Å². The third-order valence-electron chi connectivity index (χ3n) is 5.77. The summed E-state index contributed by atoms with van der Waals surface area (Å²) >= 11 is 12.8. The highest BCUT2D eigenvalue weighted by molar-refractivity contribution is 6.36. The van der Waals surface area contributed by atoms with Crippen LogP contribution in [0.2, 0.25) is 10.0 Å². The largest absolute Gasteiger partial charge is 0.376 e. The lowest BCUT2D eigenvalue weighted by Crippen LogP contribution is -2.29. The molecule has 0 fully saturated rings. The number of nitrogens with one attached hydrogen (secondary N) is 1. The van der Waals surface area contributed by atoms with Gasteiger partial charge in [-0.25, -0.2) is 0 Å². The van der Waals surface area contributed by atoms with Gasteiger partial charge in [-0.2, -0.15) is 0 Å². The summed E-state index contributed by atoms with van der Waals surface area (Å²) in [6.45, 7) is 6.43. The molecule has 0 saturated carbocycles. The lowest BCUT2D eigenvalue weighted by Gasteiger charge is -2.38. The minimum atomic E-state index is 0.256. The van der Waals surface area contributed by atoms with Crippen LogP contribution in [0.3, 0.4) is 0 Å². The predicted molar refractivity (Wildman–Crippen MR) is 113 cm³/mol. The third kappa shape index (κ3) is 3.00. The van der Waals surface area contributed by atoms with Crippen molar-refractivity contribution < 1.29 is 0 Å². The zero-order chi connectivity index (χ0) is 18.3. The van der Waals surface area contributed by atoms with E-state index in [9.17, 15) is 0 Å². The molecule has 0 bridgehead atoms. The Kier molecular flexibility index (Phi) is 4.90. The Morgan fingerprint density at radius 2 is 1.81 bits per heavy atom. The van der Waals surface area contributed by atoms with Crippen molar-refractivity contribution in [2.45, 2.75) is 32.2 Å². The number of nitrogens with zero attached hydrogens (tertiary/aromatic N) is 1. The molecule has 4 rings (SSSR count). The SMILES string of the molecule is CCN(CC)c1ccc(C2Nc3c(Cl)cc(Cl)cc3C3C=CCC32)cc1. The van der Waals surface area contributed by atoms with Gasteiger partial charge in [0, 0.05) is 29.7 Å². The van der Waals surface area contributed by atoms with Gasteiger partial charge in [-0.3, -0.25) is 0 Å². The number of halogens is 2. The maximum absolute atomic E-state index is 6.52. The zero-order valence-corrected chi connectivity index (χ0v) is 16.7. The van der Waals surface area contributed by atoms with Crippen molar-refractivity contribution in [3.63, 3.8) is 0 Å². The van der Waals surface area contributed by atoms with Crippen molar-refractivity contribution in [3.05, 3.63) is 69.7 Å². The molecule has 4 heteroatoms. The molecule has 0 radical (unpaired) electrons. The fourth-order valence-corrected chi connectivity index (χ4v) is 5.00. The fourth-order valence-electron chi connectivity index (χ4n) is 4.43. The molecule has 2 aromatic rings. The van der Waals surface area contributed by atoms with Crippen LogP contribution in [0.5, 0.6) is 0 Å². The Balaban J connectivity index is 1.69. The lowest BCUT2D eigenvalue weighted by molar-refractivity contribution is 0.425. The average Bonchev–Trinajstić information content (AvgIpc) is 3.13. The Bertz CT molecular complexity index is 825. The van der Waals surface area contributed by atoms with Gasteiger partial charge < -0.3 is 10.2 Å². The first-order chi connectivity index (χ1) is 12.6. The molecule has 136 valence electrons.